The summed E-state index contributed by atoms with van der Waals surface area (Å²) >= 11 is 9.56. The number of amides is 2. The molecule has 8 heteroatoms. The number of aryl methyl sites for hydroxylation is 2. The molecule has 34 heavy (non-hydrogen) atoms. The fourth-order valence-corrected chi connectivity index (χ4v) is 3.61. The molecule has 0 aromatic heterocycles. The number of ether oxygens (including phenoxy) is 1. The molecule has 6 nitrogen and oxygen atoms in total. The van der Waals surface area contributed by atoms with E-state index in [0.29, 0.717) is 23.1 Å². The molecule has 0 fully saturated rings. The molecule has 0 spiro atoms. The maximum absolute atomic E-state index is 12.0. The molecule has 0 aliphatic heterocycles. The van der Waals surface area contributed by atoms with Crippen molar-refractivity contribution in [2.24, 2.45) is 5.10 Å². The minimum absolute atomic E-state index is 0.0122. The summed E-state index contributed by atoms with van der Waals surface area (Å²) in [5, 5.41) is 7.26. The fourth-order valence-electron chi connectivity index (χ4n) is 2.92. The SMILES string of the molecule is Cc1ccc(COc2ccc(C=NNC(=O)CCC(=O)Nc3ccc(C)c(Cl)c3)cc2Br)cc1. The van der Waals surface area contributed by atoms with E-state index in [2.05, 4.69) is 31.8 Å². The van der Waals surface area contributed by atoms with Crippen LogP contribution in [0, 0.1) is 13.8 Å². The van der Waals surface area contributed by atoms with Gasteiger partial charge in [0.1, 0.15) is 12.4 Å². The van der Waals surface area contributed by atoms with Crippen molar-refractivity contribution in [3.8, 4) is 5.75 Å². The molecule has 0 unspecified atom stereocenters. The third kappa shape index (κ3) is 8.01. The number of nitrogens with zero attached hydrogens (tertiary/aromatic N) is 1. The van der Waals surface area contributed by atoms with E-state index < -0.39 is 0 Å². The molecule has 0 aliphatic carbocycles. The number of anilines is 1. The van der Waals surface area contributed by atoms with Crippen LogP contribution in [-0.4, -0.2) is 18.0 Å². The minimum Gasteiger partial charge on any atom is -0.488 e. The molecule has 0 atom stereocenters. The summed E-state index contributed by atoms with van der Waals surface area (Å²) in [4.78, 5) is 24.0. The Morgan fingerprint density at radius 1 is 1.00 bits per heavy atom. The number of carbonyl (C=O) groups excluding carboxylic acids is 2. The van der Waals surface area contributed by atoms with Crippen molar-refractivity contribution in [2.45, 2.75) is 33.3 Å². The maximum Gasteiger partial charge on any atom is 0.240 e. The van der Waals surface area contributed by atoms with Crippen LogP contribution in [-0.2, 0) is 16.2 Å². The zero-order valence-corrected chi connectivity index (χ0v) is 21.2. The number of hydrogen-bond acceptors (Lipinski definition) is 4. The monoisotopic (exact) mass is 541 g/mol. The number of carbonyl (C=O) groups is 2. The van der Waals surface area contributed by atoms with Gasteiger partial charge in [-0.05, 0) is 76.8 Å². The summed E-state index contributed by atoms with van der Waals surface area (Å²) in [7, 11) is 0. The van der Waals surface area contributed by atoms with Crippen molar-refractivity contribution in [3.05, 3.63) is 92.4 Å². The molecular weight excluding hydrogens is 518 g/mol. The summed E-state index contributed by atoms with van der Waals surface area (Å²) < 4.78 is 6.64. The Hall–Kier alpha value is -3.16. The predicted molar refractivity (Wildman–Crippen MR) is 139 cm³/mol. The molecule has 0 saturated carbocycles. The van der Waals surface area contributed by atoms with Gasteiger partial charge in [-0.1, -0.05) is 47.5 Å². The number of hydrogen-bond donors (Lipinski definition) is 2. The maximum atomic E-state index is 12.0. The van der Waals surface area contributed by atoms with Gasteiger partial charge in [0.15, 0.2) is 0 Å². The van der Waals surface area contributed by atoms with Gasteiger partial charge in [-0.25, -0.2) is 5.43 Å². The highest BCUT2D eigenvalue weighted by molar-refractivity contribution is 9.10. The quantitative estimate of drug-likeness (QED) is 0.251. The van der Waals surface area contributed by atoms with Crippen LogP contribution in [0.25, 0.3) is 0 Å². The number of nitrogens with one attached hydrogen (secondary N) is 2. The third-order valence-corrected chi connectivity index (χ3v) is 5.94. The van der Waals surface area contributed by atoms with E-state index in [9.17, 15) is 9.59 Å². The van der Waals surface area contributed by atoms with Crippen molar-refractivity contribution in [1.29, 1.82) is 0 Å². The van der Waals surface area contributed by atoms with Crippen molar-refractivity contribution in [1.82, 2.24) is 5.43 Å². The average Bonchev–Trinajstić information content (AvgIpc) is 2.81. The highest BCUT2D eigenvalue weighted by Gasteiger charge is 2.08. The van der Waals surface area contributed by atoms with Gasteiger partial charge in [-0.15, -0.1) is 0 Å². The highest BCUT2D eigenvalue weighted by Crippen LogP contribution is 2.26. The van der Waals surface area contributed by atoms with Gasteiger partial charge < -0.3 is 10.1 Å². The van der Waals surface area contributed by atoms with E-state index >= 15 is 0 Å². The molecule has 3 rings (SSSR count). The van der Waals surface area contributed by atoms with E-state index in [4.69, 9.17) is 16.3 Å². The lowest BCUT2D eigenvalue weighted by molar-refractivity contribution is -0.124. The van der Waals surface area contributed by atoms with Gasteiger partial charge >= 0.3 is 0 Å². The number of benzene rings is 3. The first-order chi connectivity index (χ1) is 16.3. The molecule has 176 valence electrons. The van der Waals surface area contributed by atoms with Gasteiger partial charge in [-0.2, -0.15) is 5.10 Å². The molecule has 0 saturated heterocycles. The summed E-state index contributed by atoms with van der Waals surface area (Å²) in [6, 6.07) is 19.0. The zero-order valence-electron chi connectivity index (χ0n) is 18.9. The Kier molecular flexibility index (Phi) is 9.24. The molecule has 2 N–H and O–H groups in total. The van der Waals surface area contributed by atoms with Gasteiger partial charge in [0.25, 0.3) is 0 Å². The fraction of sp³-hybridized carbons (Fsp3) is 0.192. The Morgan fingerprint density at radius 3 is 2.44 bits per heavy atom. The first-order valence-electron chi connectivity index (χ1n) is 10.7. The van der Waals surface area contributed by atoms with Crippen LogP contribution in [0.2, 0.25) is 5.02 Å². The van der Waals surface area contributed by atoms with Gasteiger partial charge in [-0.3, -0.25) is 9.59 Å². The predicted octanol–water partition coefficient (Wildman–Crippen LogP) is 6.17. The Morgan fingerprint density at radius 2 is 1.74 bits per heavy atom. The van der Waals surface area contributed by atoms with Crippen LogP contribution < -0.4 is 15.5 Å². The lowest BCUT2D eigenvalue weighted by Crippen LogP contribution is -2.20. The normalized spacial score (nSPS) is 10.8. The van der Waals surface area contributed by atoms with Crippen LogP contribution in [0.1, 0.15) is 35.1 Å². The second kappa shape index (κ2) is 12.3. The highest BCUT2D eigenvalue weighted by atomic mass is 79.9. The Balaban J connectivity index is 1.42. The largest absolute Gasteiger partial charge is 0.488 e. The van der Waals surface area contributed by atoms with Crippen molar-refractivity contribution in [2.75, 3.05) is 5.32 Å². The molecule has 0 aliphatic rings. The first kappa shape index (κ1) is 25.5. The Labute approximate surface area is 212 Å². The summed E-state index contributed by atoms with van der Waals surface area (Å²) in [5.74, 6) is 0.0808. The second-order valence-corrected chi connectivity index (χ2v) is 9.03. The zero-order chi connectivity index (χ0) is 24.5. The molecule has 0 radical (unpaired) electrons. The lowest BCUT2D eigenvalue weighted by Gasteiger charge is -2.09. The second-order valence-electron chi connectivity index (χ2n) is 7.77. The Bertz CT molecular complexity index is 1200. The van der Waals surface area contributed by atoms with Gasteiger partial charge in [0, 0.05) is 23.6 Å². The van der Waals surface area contributed by atoms with E-state index in [1.54, 1.807) is 12.1 Å². The summed E-state index contributed by atoms with van der Waals surface area (Å²) in [6.07, 6.45) is 1.57. The first-order valence-corrected chi connectivity index (χ1v) is 11.8. The average molecular weight is 543 g/mol. The van der Waals surface area contributed by atoms with Crippen LogP contribution in [0.4, 0.5) is 5.69 Å². The molecular formula is C26H25BrClN3O3. The topological polar surface area (TPSA) is 79.8 Å². The van der Waals surface area contributed by atoms with Gasteiger partial charge in [0.05, 0.1) is 10.7 Å². The lowest BCUT2D eigenvalue weighted by atomic mass is 10.2. The number of hydrazone groups is 1. The summed E-state index contributed by atoms with van der Waals surface area (Å²) in [5.41, 5.74) is 7.02. The molecule has 0 heterocycles. The minimum atomic E-state index is -0.356. The van der Waals surface area contributed by atoms with E-state index in [1.807, 2.05) is 62.4 Å². The van der Waals surface area contributed by atoms with Crippen LogP contribution >= 0.6 is 27.5 Å². The molecule has 3 aromatic rings. The smallest absolute Gasteiger partial charge is 0.240 e. The summed E-state index contributed by atoms with van der Waals surface area (Å²) in [6.45, 7) is 4.39. The van der Waals surface area contributed by atoms with Crippen molar-refractivity contribution < 1.29 is 14.3 Å². The van der Waals surface area contributed by atoms with Crippen molar-refractivity contribution in [3.63, 3.8) is 0 Å². The van der Waals surface area contributed by atoms with Crippen LogP contribution in [0.3, 0.4) is 0 Å². The third-order valence-electron chi connectivity index (χ3n) is 4.91. The van der Waals surface area contributed by atoms with Crippen LogP contribution in [0.5, 0.6) is 5.75 Å². The van der Waals surface area contributed by atoms with E-state index in [-0.39, 0.29) is 24.7 Å². The van der Waals surface area contributed by atoms with Gasteiger partial charge in [0.2, 0.25) is 11.8 Å². The molecule has 0 bridgehead atoms. The number of rotatable bonds is 9. The van der Waals surface area contributed by atoms with E-state index in [1.165, 1.54) is 11.8 Å². The molecule has 3 aromatic carbocycles. The standard InChI is InChI=1S/C26H25BrClN3O3/c1-17-3-6-19(7-4-17)16-34-24-10-8-20(13-22(24)27)15-29-31-26(33)12-11-25(32)30-21-9-5-18(2)23(28)14-21/h3-10,13-15H,11-12,16H2,1-2H3,(H,30,32)(H,31,33). The number of halogens is 2. The van der Waals surface area contributed by atoms with Crippen LogP contribution in [0.15, 0.2) is 70.2 Å². The molecule has 2 amide bonds. The van der Waals surface area contributed by atoms with E-state index in [0.717, 1.165) is 21.2 Å². The van der Waals surface area contributed by atoms with Crippen molar-refractivity contribution >= 4 is 51.2 Å².